The molecular weight excluding hydrogens is 568 g/mol. The molecule has 244 valence electrons. The Balaban J connectivity index is -0.0000000704. The lowest BCUT2D eigenvalue weighted by atomic mass is 10.4. The molecule has 0 heterocycles. The quantitative estimate of drug-likeness (QED) is 0.141. The van der Waals surface area contributed by atoms with E-state index in [1.165, 1.54) is 41.5 Å². The van der Waals surface area contributed by atoms with Crippen molar-refractivity contribution in [1.82, 2.24) is 0 Å². The van der Waals surface area contributed by atoms with E-state index >= 15 is 0 Å². The van der Waals surface area contributed by atoms with Crippen molar-refractivity contribution in [2.45, 2.75) is 48.5 Å². The number of carboxylic acids is 6. The van der Waals surface area contributed by atoms with E-state index in [0.29, 0.717) is 0 Å². The molecule has 0 amide bonds. The minimum absolute atomic E-state index is 0.129. The maximum atomic E-state index is 9.60. The summed E-state index contributed by atoms with van der Waals surface area (Å²) in [4.78, 5) is 57.6. The zero-order chi connectivity index (χ0) is 36.5. The van der Waals surface area contributed by atoms with Crippen LogP contribution in [0.25, 0.3) is 0 Å². The van der Waals surface area contributed by atoms with E-state index in [2.05, 4.69) is 39.5 Å². The molecular formula is C30H46O13. The average Bonchev–Trinajstić information content (AvgIpc) is 2.86. The van der Waals surface area contributed by atoms with E-state index in [9.17, 15) is 28.8 Å². The zero-order valence-electron chi connectivity index (χ0n) is 25.8. The number of allylic oxidation sites excluding steroid dienone is 3. The summed E-state index contributed by atoms with van der Waals surface area (Å²) in [6.45, 7) is 29.7. The van der Waals surface area contributed by atoms with Crippen molar-refractivity contribution in [2.75, 3.05) is 6.61 Å². The molecule has 0 fully saturated rings. The van der Waals surface area contributed by atoms with Crippen LogP contribution in [0.15, 0.2) is 97.2 Å². The van der Waals surface area contributed by atoms with Crippen molar-refractivity contribution in [3.05, 3.63) is 97.2 Å². The SMILES string of the molecule is C=C(C)C(=O)O.C=C(C)C(=O)O.C=C(C)C(=O)O.C=C(C)C(=O)O.C=C(C)C(=O)O.C=C(C)C(=O)O.CC=CC=CCO. The molecule has 0 aliphatic carbocycles. The second kappa shape index (κ2) is 36.7. The Morgan fingerprint density at radius 1 is 0.442 bits per heavy atom. The van der Waals surface area contributed by atoms with Gasteiger partial charge in [0.2, 0.25) is 0 Å². The first kappa shape index (κ1) is 53.9. The first-order valence-electron chi connectivity index (χ1n) is 11.5. The van der Waals surface area contributed by atoms with Gasteiger partial charge in [0.1, 0.15) is 0 Å². The molecule has 0 unspecified atom stereocenters. The fourth-order valence-electron chi connectivity index (χ4n) is 0.251. The van der Waals surface area contributed by atoms with Gasteiger partial charge in [-0.15, -0.1) is 0 Å². The Labute approximate surface area is 252 Å². The summed E-state index contributed by atoms with van der Waals surface area (Å²) in [5, 5.41) is 55.5. The number of hydrogen-bond donors (Lipinski definition) is 7. The molecule has 0 spiro atoms. The number of carboxylic acid groups (broad SMARTS) is 6. The van der Waals surface area contributed by atoms with E-state index in [-0.39, 0.29) is 40.0 Å². The summed E-state index contributed by atoms with van der Waals surface area (Å²) in [6.07, 6.45) is 7.27. The lowest BCUT2D eigenvalue weighted by Gasteiger charge is -1.79. The van der Waals surface area contributed by atoms with Crippen LogP contribution in [0.4, 0.5) is 0 Å². The van der Waals surface area contributed by atoms with Gasteiger partial charge >= 0.3 is 35.8 Å². The van der Waals surface area contributed by atoms with E-state index in [1.807, 2.05) is 19.1 Å². The Kier molecular flexibility index (Phi) is 46.0. The molecule has 0 saturated heterocycles. The highest BCUT2D eigenvalue weighted by molar-refractivity contribution is 5.86. The van der Waals surface area contributed by atoms with Crippen LogP contribution in [0.5, 0.6) is 0 Å². The second-order valence-electron chi connectivity index (χ2n) is 7.65. The van der Waals surface area contributed by atoms with Gasteiger partial charge in [0, 0.05) is 33.4 Å². The van der Waals surface area contributed by atoms with Crippen LogP contribution < -0.4 is 0 Å². The molecule has 0 aromatic rings. The number of hydrogen-bond acceptors (Lipinski definition) is 7. The Morgan fingerprint density at radius 3 is 0.651 bits per heavy atom. The van der Waals surface area contributed by atoms with Crippen molar-refractivity contribution in [3.63, 3.8) is 0 Å². The van der Waals surface area contributed by atoms with Crippen molar-refractivity contribution >= 4 is 35.8 Å². The third kappa shape index (κ3) is 85.8. The highest BCUT2D eigenvalue weighted by Crippen LogP contribution is 1.83. The molecule has 7 N–H and O–H groups in total. The van der Waals surface area contributed by atoms with Crippen molar-refractivity contribution in [1.29, 1.82) is 0 Å². The van der Waals surface area contributed by atoms with Gasteiger partial charge < -0.3 is 35.7 Å². The van der Waals surface area contributed by atoms with Crippen LogP contribution in [-0.2, 0) is 28.8 Å². The molecule has 0 aliphatic rings. The van der Waals surface area contributed by atoms with E-state index in [0.717, 1.165) is 0 Å². The first-order valence-corrected chi connectivity index (χ1v) is 11.5. The third-order valence-corrected chi connectivity index (χ3v) is 2.74. The number of carbonyl (C=O) groups is 6. The van der Waals surface area contributed by atoms with Crippen molar-refractivity contribution in [2.24, 2.45) is 0 Å². The Morgan fingerprint density at radius 2 is 0.581 bits per heavy atom. The lowest BCUT2D eigenvalue weighted by molar-refractivity contribution is -0.133. The molecule has 0 atom stereocenters. The third-order valence-electron chi connectivity index (χ3n) is 2.74. The molecule has 0 aliphatic heterocycles. The van der Waals surface area contributed by atoms with Gasteiger partial charge in [-0.25, -0.2) is 28.8 Å². The van der Waals surface area contributed by atoms with Gasteiger partial charge in [-0.05, 0) is 48.5 Å². The molecule has 0 aromatic carbocycles. The molecule has 13 heteroatoms. The van der Waals surface area contributed by atoms with E-state index in [4.69, 9.17) is 35.7 Å². The standard InChI is InChI=1S/C6H10O.6C4H6O2/c1-2-3-4-5-6-7;6*1-3(2)4(5)6/h2-5,7H,6H2,1H3;6*1H2,2H3,(H,5,6). The average molecular weight is 615 g/mol. The highest BCUT2D eigenvalue weighted by Gasteiger charge is 1.92. The van der Waals surface area contributed by atoms with E-state index < -0.39 is 35.8 Å². The number of aliphatic carboxylic acids is 6. The Bertz CT molecular complexity index is 782. The number of aliphatic hydroxyl groups is 1. The van der Waals surface area contributed by atoms with Crippen LogP contribution in [0.3, 0.4) is 0 Å². The van der Waals surface area contributed by atoms with Gasteiger partial charge in [-0.1, -0.05) is 63.8 Å². The highest BCUT2D eigenvalue weighted by atomic mass is 16.4. The van der Waals surface area contributed by atoms with Gasteiger partial charge in [-0.2, -0.15) is 0 Å². The minimum Gasteiger partial charge on any atom is -0.478 e. The van der Waals surface area contributed by atoms with Crippen LogP contribution in [0, 0.1) is 0 Å². The molecule has 0 saturated carbocycles. The largest absolute Gasteiger partial charge is 0.478 e. The van der Waals surface area contributed by atoms with Crippen LogP contribution in [0.2, 0.25) is 0 Å². The summed E-state index contributed by atoms with van der Waals surface area (Å²) in [5.41, 5.74) is 1.06. The van der Waals surface area contributed by atoms with Crippen LogP contribution in [-0.4, -0.2) is 78.2 Å². The summed E-state index contributed by atoms with van der Waals surface area (Å²) >= 11 is 0. The summed E-state index contributed by atoms with van der Waals surface area (Å²) in [6, 6.07) is 0. The molecule has 0 bridgehead atoms. The smallest absolute Gasteiger partial charge is 0.330 e. The summed E-state index contributed by atoms with van der Waals surface area (Å²) in [5.74, 6) is -5.61. The number of aliphatic hydroxyl groups excluding tert-OH is 1. The molecule has 13 nitrogen and oxygen atoms in total. The minimum atomic E-state index is -0.935. The van der Waals surface area contributed by atoms with E-state index in [1.54, 1.807) is 12.2 Å². The normalized spacial score (nSPS) is 8.19. The predicted octanol–water partition coefficient (Wildman–Crippen LogP) is 4.99. The van der Waals surface area contributed by atoms with Gasteiger partial charge in [-0.3, -0.25) is 0 Å². The maximum absolute atomic E-state index is 9.60. The Hall–Kier alpha value is -5.30. The lowest BCUT2D eigenvalue weighted by Crippen LogP contribution is -1.92. The van der Waals surface area contributed by atoms with Gasteiger partial charge in [0.05, 0.1) is 6.61 Å². The summed E-state index contributed by atoms with van der Waals surface area (Å²) < 4.78 is 0. The fourth-order valence-corrected chi connectivity index (χ4v) is 0.251. The zero-order valence-corrected chi connectivity index (χ0v) is 25.8. The first-order chi connectivity index (χ1) is 19.3. The molecule has 0 radical (unpaired) electrons. The predicted molar refractivity (Wildman–Crippen MR) is 166 cm³/mol. The summed E-state index contributed by atoms with van der Waals surface area (Å²) in [7, 11) is 0. The second-order valence-corrected chi connectivity index (χ2v) is 7.65. The van der Waals surface area contributed by atoms with Gasteiger partial charge in [0.25, 0.3) is 0 Å². The monoisotopic (exact) mass is 614 g/mol. The van der Waals surface area contributed by atoms with Crippen LogP contribution >= 0.6 is 0 Å². The molecule has 43 heavy (non-hydrogen) atoms. The molecule has 0 rings (SSSR count). The fraction of sp³-hybridized carbons (Fsp3) is 0.267. The van der Waals surface area contributed by atoms with Crippen LogP contribution in [0.1, 0.15) is 48.5 Å². The molecule has 0 aromatic heterocycles. The topological polar surface area (TPSA) is 244 Å². The number of rotatable bonds is 8. The van der Waals surface area contributed by atoms with Crippen molar-refractivity contribution in [3.8, 4) is 0 Å². The van der Waals surface area contributed by atoms with Crippen molar-refractivity contribution < 1.29 is 64.5 Å². The maximum Gasteiger partial charge on any atom is 0.330 e. The van der Waals surface area contributed by atoms with Gasteiger partial charge in [0.15, 0.2) is 0 Å².